The van der Waals surface area contributed by atoms with Crippen LogP contribution in [0.25, 0.3) is 5.69 Å². The first-order chi connectivity index (χ1) is 15.1. The molecule has 158 valence electrons. The molecule has 2 N–H and O–H groups in total. The van der Waals surface area contributed by atoms with E-state index in [2.05, 4.69) is 26.3 Å². The van der Waals surface area contributed by atoms with E-state index in [-0.39, 0.29) is 29.8 Å². The topological polar surface area (TPSA) is 88.0 Å². The zero-order valence-corrected chi connectivity index (χ0v) is 17.5. The Hall–Kier alpha value is -3.24. The van der Waals surface area contributed by atoms with Gasteiger partial charge in [0.2, 0.25) is 5.16 Å². The predicted octanol–water partition coefficient (Wildman–Crippen LogP) is 2.23. The second kappa shape index (κ2) is 8.12. The Morgan fingerprint density at radius 2 is 1.90 bits per heavy atom. The van der Waals surface area contributed by atoms with Gasteiger partial charge >= 0.3 is 0 Å². The fraction of sp³-hybridized carbons (Fsp3) is 0.238. The van der Waals surface area contributed by atoms with Gasteiger partial charge in [-0.1, -0.05) is 42.1 Å². The molecule has 1 amide bonds. The number of aromatic nitrogens is 4. The van der Waals surface area contributed by atoms with E-state index in [1.807, 2.05) is 37.3 Å². The van der Waals surface area contributed by atoms with Gasteiger partial charge < -0.3 is 5.32 Å². The summed E-state index contributed by atoms with van der Waals surface area (Å²) in [5, 5.41) is 17.7. The smallest absolute Gasteiger partial charge is 0.264 e. The third kappa shape index (κ3) is 3.79. The second-order valence-electron chi connectivity index (χ2n) is 7.46. The molecule has 2 aliphatic heterocycles. The average molecular weight is 438 g/mol. The van der Waals surface area contributed by atoms with Gasteiger partial charge in [-0.05, 0) is 47.2 Å². The molecule has 8 nitrogen and oxygen atoms in total. The van der Waals surface area contributed by atoms with E-state index in [1.165, 1.54) is 23.9 Å². The second-order valence-corrected chi connectivity index (χ2v) is 8.40. The molecule has 3 atom stereocenters. The Bertz CT molecular complexity index is 1120. The van der Waals surface area contributed by atoms with Gasteiger partial charge in [0.15, 0.2) is 0 Å². The molecule has 0 spiro atoms. The van der Waals surface area contributed by atoms with Crippen molar-refractivity contribution in [3.63, 3.8) is 0 Å². The minimum Gasteiger partial charge on any atom is -0.366 e. The van der Waals surface area contributed by atoms with Crippen LogP contribution in [0.15, 0.2) is 71.5 Å². The molecule has 1 fully saturated rings. The van der Waals surface area contributed by atoms with E-state index in [1.54, 1.807) is 27.9 Å². The Morgan fingerprint density at radius 1 is 1.13 bits per heavy atom. The van der Waals surface area contributed by atoms with Crippen molar-refractivity contribution in [1.29, 1.82) is 0 Å². The van der Waals surface area contributed by atoms with Gasteiger partial charge in [0, 0.05) is 29.5 Å². The maximum absolute atomic E-state index is 13.4. The first-order valence-corrected chi connectivity index (χ1v) is 10.9. The summed E-state index contributed by atoms with van der Waals surface area (Å²) in [6, 6.07) is 16.1. The number of fused-ring (bicyclic) bond motifs is 1. The van der Waals surface area contributed by atoms with E-state index in [9.17, 15) is 9.18 Å². The fourth-order valence-electron chi connectivity index (χ4n) is 4.00. The number of hydrogen-bond acceptors (Lipinski definition) is 7. The van der Waals surface area contributed by atoms with Gasteiger partial charge in [-0.15, -0.1) is 5.10 Å². The number of hydrogen-bond donors (Lipinski definition) is 2. The lowest BCUT2D eigenvalue weighted by atomic mass is 9.90. The maximum Gasteiger partial charge on any atom is 0.264 e. The van der Waals surface area contributed by atoms with Crippen molar-refractivity contribution in [1.82, 2.24) is 36.0 Å². The molecular formula is C21H20FN7OS. The summed E-state index contributed by atoms with van der Waals surface area (Å²) in [6.45, 7) is 2.02. The van der Waals surface area contributed by atoms with Gasteiger partial charge in [0.25, 0.3) is 5.91 Å². The molecule has 0 saturated carbocycles. The van der Waals surface area contributed by atoms with E-state index in [0.717, 1.165) is 16.9 Å². The highest BCUT2D eigenvalue weighted by atomic mass is 32.2. The summed E-state index contributed by atoms with van der Waals surface area (Å²) < 4.78 is 15.1. The molecule has 10 heteroatoms. The first-order valence-electron chi connectivity index (χ1n) is 9.89. The molecule has 3 aromatic rings. The Kier molecular flexibility index (Phi) is 5.16. The fourth-order valence-corrected chi connectivity index (χ4v) is 4.81. The van der Waals surface area contributed by atoms with Crippen LogP contribution in [0.5, 0.6) is 0 Å². The number of thioether (sulfide) groups is 1. The monoisotopic (exact) mass is 437 g/mol. The SMILES string of the molecule is CC1NN2C(=O)C=C(CSc3nnnn3-c3ccccc3)NC2C1c1ccc(F)cc1. The summed E-state index contributed by atoms with van der Waals surface area (Å²) >= 11 is 1.45. The molecule has 1 aromatic heterocycles. The van der Waals surface area contributed by atoms with Crippen LogP contribution >= 0.6 is 11.8 Å². The van der Waals surface area contributed by atoms with Gasteiger partial charge in [-0.25, -0.2) is 9.82 Å². The number of hydrazine groups is 1. The van der Waals surface area contributed by atoms with Crippen LogP contribution in [0, 0.1) is 5.82 Å². The molecule has 2 aliphatic rings. The van der Waals surface area contributed by atoms with E-state index in [0.29, 0.717) is 10.9 Å². The highest BCUT2D eigenvalue weighted by molar-refractivity contribution is 7.99. The number of tetrazole rings is 1. The standard InChI is InChI=1S/C21H20FN7OS/c1-13-19(14-7-9-15(22)10-8-14)20-23-16(11-18(30)29(20)25-13)12-31-21-24-26-27-28(21)17-5-3-2-4-6-17/h2-11,13,19-20,23,25H,12H2,1H3. The maximum atomic E-state index is 13.4. The van der Waals surface area contributed by atoms with Crippen molar-refractivity contribution < 1.29 is 9.18 Å². The number of nitrogens with zero attached hydrogens (tertiary/aromatic N) is 5. The average Bonchev–Trinajstić information content (AvgIpc) is 3.38. The number of carbonyl (C=O) groups is 1. The number of nitrogens with one attached hydrogen (secondary N) is 2. The van der Waals surface area contributed by atoms with Crippen molar-refractivity contribution in [3.8, 4) is 5.69 Å². The number of halogens is 1. The van der Waals surface area contributed by atoms with Gasteiger partial charge in [0.1, 0.15) is 12.0 Å². The van der Waals surface area contributed by atoms with Crippen LogP contribution in [0.3, 0.4) is 0 Å². The van der Waals surface area contributed by atoms with Crippen molar-refractivity contribution in [3.05, 3.63) is 77.8 Å². The Balaban J connectivity index is 1.33. The summed E-state index contributed by atoms with van der Waals surface area (Å²) in [6.07, 6.45) is 1.33. The quantitative estimate of drug-likeness (QED) is 0.592. The van der Waals surface area contributed by atoms with Crippen molar-refractivity contribution in [2.45, 2.75) is 30.2 Å². The van der Waals surface area contributed by atoms with E-state index in [4.69, 9.17) is 0 Å². The lowest BCUT2D eigenvalue weighted by molar-refractivity contribution is -0.131. The summed E-state index contributed by atoms with van der Waals surface area (Å²) in [5.74, 6) is 0.0970. The van der Waals surface area contributed by atoms with Crippen LogP contribution in [-0.4, -0.2) is 49.1 Å². The molecular weight excluding hydrogens is 417 g/mol. The molecule has 0 aliphatic carbocycles. The predicted molar refractivity (Wildman–Crippen MR) is 113 cm³/mol. The van der Waals surface area contributed by atoms with E-state index >= 15 is 0 Å². The largest absolute Gasteiger partial charge is 0.366 e. The van der Waals surface area contributed by atoms with Crippen molar-refractivity contribution in [2.75, 3.05) is 5.75 Å². The number of para-hydroxylation sites is 1. The molecule has 0 bridgehead atoms. The highest BCUT2D eigenvalue weighted by Gasteiger charge is 2.44. The number of benzene rings is 2. The molecule has 31 heavy (non-hydrogen) atoms. The summed E-state index contributed by atoms with van der Waals surface area (Å²) in [5.41, 5.74) is 5.86. The third-order valence-corrected chi connectivity index (χ3v) is 6.39. The lowest BCUT2D eigenvalue weighted by Gasteiger charge is -2.33. The third-order valence-electron chi connectivity index (χ3n) is 5.42. The minimum atomic E-state index is -0.278. The highest BCUT2D eigenvalue weighted by Crippen LogP contribution is 2.34. The molecule has 0 radical (unpaired) electrons. The number of amides is 1. The van der Waals surface area contributed by atoms with E-state index < -0.39 is 0 Å². The van der Waals surface area contributed by atoms with Crippen LogP contribution in [-0.2, 0) is 4.79 Å². The van der Waals surface area contributed by atoms with Gasteiger partial charge in [0.05, 0.1) is 5.69 Å². The molecule has 3 unspecified atom stereocenters. The normalized spacial score (nSPS) is 22.8. The minimum absolute atomic E-state index is 0.0118. The zero-order chi connectivity index (χ0) is 21.4. The summed E-state index contributed by atoms with van der Waals surface area (Å²) in [7, 11) is 0. The van der Waals surface area contributed by atoms with Crippen LogP contribution in [0.1, 0.15) is 18.4 Å². The molecule has 3 heterocycles. The zero-order valence-electron chi connectivity index (χ0n) is 16.6. The number of carbonyl (C=O) groups excluding carboxylic acids is 1. The Morgan fingerprint density at radius 3 is 2.68 bits per heavy atom. The molecule has 2 aromatic carbocycles. The number of rotatable bonds is 5. The van der Waals surface area contributed by atoms with Crippen molar-refractivity contribution in [2.24, 2.45) is 0 Å². The first kappa shape index (κ1) is 19.7. The van der Waals surface area contributed by atoms with Crippen molar-refractivity contribution >= 4 is 17.7 Å². The van der Waals surface area contributed by atoms with Gasteiger partial charge in [-0.2, -0.15) is 4.68 Å². The lowest BCUT2D eigenvalue weighted by Crippen LogP contribution is -2.53. The van der Waals surface area contributed by atoms with Crippen LogP contribution in [0.2, 0.25) is 0 Å². The van der Waals surface area contributed by atoms with Crippen LogP contribution in [0.4, 0.5) is 4.39 Å². The molecule has 1 saturated heterocycles. The summed E-state index contributed by atoms with van der Waals surface area (Å²) in [4.78, 5) is 12.7. The van der Waals surface area contributed by atoms with Gasteiger partial charge in [-0.3, -0.25) is 9.80 Å². The Labute approximate surface area is 182 Å². The van der Waals surface area contributed by atoms with Crippen LogP contribution < -0.4 is 10.7 Å². The molecule has 5 rings (SSSR count).